The van der Waals surface area contributed by atoms with Crippen molar-refractivity contribution in [3.05, 3.63) is 77.9 Å². The van der Waals surface area contributed by atoms with Gasteiger partial charge in [-0.2, -0.15) is 0 Å². The number of nitrogens with one attached hydrogen (secondary N) is 1. The molecular formula is C24H29N5O2S2. The lowest BCUT2D eigenvalue weighted by molar-refractivity contribution is 0.513. The Kier molecular flexibility index (Phi) is 6.45. The molecule has 0 spiro atoms. The fourth-order valence-electron chi connectivity index (χ4n) is 4.31. The first kappa shape index (κ1) is 23.3. The average Bonchev–Trinajstić information content (AvgIpc) is 3.38. The third-order valence-electron chi connectivity index (χ3n) is 5.89. The van der Waals surface area contributed by atoms with Crippen LogP contribution in [0.1, 0.15) is 41.8 Å². The van der Waals surface area contributed by atoms with E-state index in [4.69, 9.17) is 18.0 Å². The minimum absolute atomic E-state index is 0.00754. The maximum Gasteiger partial charge on any atom is 0.248 e. The molecule has 3 N–H and O–H groups in total. The number of anilines is 1. The second-order valence-electron chi connectivity index (χ2n) is 8.54. The Morgan fingerprint density at radius 1 is 1.27 bits per heavy atom. The predicted octanol–water partition coefficient (Wildman–Crippen LogP) is 3.26. The molecule has 2 heterocycles. The molecule has 2 unspecified atom stereocenters. The van der Waals surface area contributed by atoms with Crippen LogP contribution in [0.5, 0.6) is 0 Å². The molecule has 2 aromatic rings. The Labute approximate surface area is 201 Å². The van der Waals surface area contributed by atoms with Gasteiger partial charge < -0.3 is 16.0 Å². The van der Waals surface area contributed by atoms with Crippen molar-refractivity contribution in [2.24, 2.45) is 10.7 Å². The second-order valence-corrected chi connectivity index (χ2v) is 10.9. The number of guanidine groups is 1. The van der Waals surface area contributed by atoms with Crippen molar-refractivity contribution in [1.82, 2.24) is 9.62 Å². The van der Waals surface area contributed by atoms with Crippen molar-refractivity contribution in [1.29, 1.82) is 0 Å². The largest absolute Gasteiger partial charge is 0.369 e. The van der Waals surface area contributed by atoms with E-state index in [2.05, 4.69) is 21.8 Å². The number of nitrogens with two attached hydrogens (primary N) is 1. The van der Waals surface area contributed by atoms with E-state index in [9.17, 15) is 8.42 Å². The summed E-state index contributed by atoms with van der Waals surface area (Å²) in [6, 6.07) is 15.2. The minimum Gasteiger partial charge on any atom is -0.369 e. The average molecular weight is 484 g/mol. The highest BCUT2D eigenvalue weighted by molar-refractivity contribution is 7.90. The molecule has 0 amide bonds. The number of hydrogen-bond donors (Lipinski definition) is 2. The number of thiocarbonyl (C=S) groups is 1. The van der Waals surface area contributed by atoms with Crippen molar-refractivity contribution >= 4 is 39.0 Å². The topological polar surface area (TPSA) is 91.0 Å². The summed E-state index contributed by atoms with van der Waals surface area (Å²) in [7, 11) is -3.85. The number of hydrogen-bond acceptors (Lipinski definition) is 5. The molecule has 4 rings (SSSR count). The van der Waals surface area contributed by atoms with Crippen molar-refractivity contribution in [2.75, 3.05) is 18.0 Å². The maximum atomic E-state index is 13.6. The molecule has 2 atom stereocenters. The highest BCUT2D eigenvalue weighted by Gasteiger charge is 2.38. The molecule has 174 valence electrons. The number of aliphatic imine (C=N–C) groups is 1. The van der Waals surface area contributed by atoms with E-state index in [0.29, 0.717) is 10.7 Å². The first-order valence-electron chi connectivity index (χ1n) is 11.0. The van der Waals surface area contributed by atoms with Crippen molar-refractivity contribution < 1.29 is 8.42 Å². The predicted molar refractivity (Wildman–Crippen MR) is 138 cm³/mol. The van der Waals surface area contributed by atoms with E-state index in [0.717, 1.165) is 29.8 Å². The van der Waals surface area contributed by atoms with E-state index in [-0.39, 0.29) is 24.6 Å². The fourth-order valence-corrected chi connectivity index (χ4v) is 6.40. The van der Waals surface area contributed by atoms with Gasteiger partial charge >= 0.3 is 0 Å². The second kappa shape index (κ2) is 9.15. The number of sulfonamides is 1. The zero-order valence-electron chi connectivity index (χ0n) is 18.8. The first-order chi connectivity index (χ1) is 15.7. The molecule has 0 bridgehead atoms. The summed E-state index contributed by atoms with van der Waals surface area (Å²) in [4.78, 5) is 6.46. The zero-order valence-corrected chi connectivity index (χ0v) is 20.4. The van der Waals surface area contributed by atoms with Gasteiger partial charge in [-0.25, -0.2) is 17.7 Å². The standard InChI is InChI=1S/C24H29N5O2S2/c1-4-22(19-10-11-21-18(14-19)12-13-28(21)24(32)26-16(2)3)33(30,31)29-15-20(27-23(29)25)17-8-6-5-7-9-17/h4-11,14,16,20,22H,1,12-13,15H2,2-3H3,(H2,25,27)(H,26,32). The lowest BCUT2D eigenvalue weighted by atomic mass is 10.1. The van der Waals surface area contributed by atoms with Crippen LogP contribution in [0.4, 0.5) is 5.69 Å². The van der Waals surface area contributed by atoms with Gasteiger partial charge in [-0.3, -0.25) is 0 Å². The van der Waals surface area contributed by atoms with E-state index < -0.39 is 15.3 Å². The van der Waals surface area contributed by atoms with E-state index in [1.54, 1.807) is 0 Å². The summed E-state index contributed by atoms with van der Waals surface area (Å²) < 4.78 is 28.4. The third-order valence-corrected chi connectivity index (χ3v) is 8.29. The molecule has 0 aliphatic carbocycles. The number of nitrogens with zero attached hydrogens (tertiary/aromatic N) is 3. The van der Waals surface area contributed by atoms with Gasteiger partial charge in [0.1, 0.15) is 5.25 Å². The SMILES string of the molecule is C=CC(c1ccc2c(c1)CCN2C(=S)NC(C)C)S(=O)(=O)N1CC(c2ccccc2)N=C1N. The van der Waals surface area contributed by atoms with Gasteiger partial charge in [0.2, 0.25) is 16.0 Å². The first-order valence-corrected chi connectivity index (χ1v) is 12.9. The fraction of sp³-hybridized carbons (Fsp3) is 0.333. The molecular weight excluding hydrogens is 454 g/mol. The molecule has 2 aliphatic heterocycles. The van der Waals surface area contributed by atoms with E-state index >= 15 is 0 Å². The Morgan fingerprint density at radius 2 is 2.00 bits per heavy atom. The van der Waals surface area contributed by atoms with Crippen LogP contribution in [0.2, 0.25) is 0 Å². The van der Waals surface area contributed by atoms with Crippen molar-refractivity contribution in [3.8, 4) is 0 Å². The molecule has 9 heteroatoms. The van der Waals surface area contributed by atoms with Gasteiger partial charge in [0.15, 0.2) is 5.11 Å². The van der Waals surface area contributed by atoms with Crippen molar-refractivity contribution in [2.45, 2.75) is 37.6 Å². The number of benzene rings is 2. The lowest BCUT2D eigenvalue weighted by Gasteiger charge is -2.25. The quantitative estimate of drug-likeness (QED) is 0.484. The molecule has 0 radical (unpaired) electrons. The van der Waals surface area contributed by atoms with Gasteiger partial charge in [-0.1, -0.05) is 48.5 Å². The zero-order chi connectivity index (χ0) is 23.8. The van der Waals surface area contributed by atoms with Gasteiger partial charge in [-0.05, 0) is 55.2 Å². The van der Waals surface area contributed by atoms with Gasteiger partial charge in [-0.15, -0.1) is 6.58 Å². The van der Waals surface area contributed by atoms with Crippen LogP contribution in [0.15, 0.2) is 66.2 Å². The third kappa shape index (κ3) is 4.47. The molecule has 33 heavy (non-hydrogen) atoms. The molecule has 2 aromatic carbocycles. The monoisotopic (exact) mass is 483 g/mol. The van der Waals surface area contributed by atoms with Crippen LogP contribution in [0.3, 0.4) is 0 Å². The van der Waals surface area contributed by atoms with E-state index in [1.165, 1.54) is 10.4 Å². The summed E-state index contributed by atoms with van der Waals surface area (Å²) >= 11 is 5.54. The smallest absolute Gasteiger partial charge is 0.248 e. The normalized spacial score (nSPS) is 18.8. The Morgan fingerprint density at radius 3 is 2.67 bits per heavy atom. The maximum absolute atomic E-state index is 13.6. The Balaban J connectivity index is 1.58. The van der Waals surface area contributed by atoms with Crippen LogP contribution in [0.25, 0.3) is 0 Å². The molecule has 0 saturated carbocycles. The number of fused-ring (bicyclic) bond motifs is 1. The van der Waals surface area contributed by atoms with Crippen LogP contribution >= 0.6 is 12.2 Å². The summed E-state index contributed by atoms with van der Waals surface area (Å²) in [5, 5.41) is 3.02. The highest BCUT2D eigenvalue weighted by atomic mass is 32.2. The summed E-state index contributed by atoms with van der Waals surface area (Å²) in [6.45, 7) is 8.84. The minimum atomic E-state index is -3.85. The van der Waals surface area contributed by atoms with Gasteiger partial charge in [0, 0.05) is 18.3 Å². The van der Waals surface area contributed by atoms with Crippen LogP contribution < -0.4 is 16.0 Å². The summed E-state index contributed by atoms with van der Waals surface area (Å²) in [5.41, 5.74) is 9.73. The van der Waals surface area contributed by atoms with Gasteiger partial charge in [0.05, 0.1) is 12.6 Å². The molecule has 0 fully saturated rings. The van der Waals surface area contributed by atoms with E-state index in [1.807, 2.05) is 62.4 Å². The highest BCUT2D eigenvalue weighted by Crippen LogP contribution is 2.36. The van der Waals surface area contributed by atoms with Crippen LogP contribution in [-0.2, 0) is 16.4 Å². The lowest BCUT2D eigenvalue weighted by Crippen LogP contribution is -2.42. The van der Waals surface area contributed by atoms with Crippen molar-refractivity contribution in [3.63, 3.8) is 0 Å². The summed E-state index contributed by atoms with van der Waals surface area (Å²) in [6.07, 6.45) is 2.24. The Hall–Kier alpha value is -2.91. The molecule has 0 saturated heterocycles. The summed E-state index contributed by atoms with van der Waals surface area (Å²) in [5.74, 6) is 0.00754. The van der Waals surface area contributed by atoms with Crippen LogP contribution in [-0.4, -0.2) is 42.9 Å². The molecule has 0 aromatic heterocycles. The molecule has 2 aliphatic rings. The molecule has 7 nitrogen and oxygen atoms in total. The van der Waals surface area contributed by atoms with Crippen LogP contribution in [0, 0.1) is 0 Å². The number of rotatable bonds is 6. The van der Waals surface area contributed by atoms with Gasteiger partial charge in [0.25, 0.3) is 0 Å². The Bertz CT molecular complexity index is 1190.